The summed E-state index contributed by atoms with van der Waals surface area (Å²) in [6.45, 7) is 3.20. The molecule has 66 valence electrons. The maximum atomic E-state index is 5.46. The van der Waals surface area contributed by atoms with Crippen molar-refractivity contribution in [3.05, 3.63) is 0 Å². The lowest BCUT2D eigenvalue weighted by Gasteiger charge is -2.10. The van der Waals surface area contributed by atoms with Crippen LogP contribution >= 0.6 is 0 Å². The molecule has 0 aliphatic heterocycles. The summed E-state index contributed by atoms with van der Waals surface area (Å²) in [5.74, 6) is 0. The zero-order valence-electron chi connectivity index (χ0n) is 7.44. The molecule has 0 unspecified atom stereocenters. The monoisotopic (exact) mass is 157 g/mol. The molecule has 0 heterocycles. The van der Waals surface area contributed by atoms with E-state index in [0.717, 1.165) is 6.54 Å². The fraction of sp³-hybridized carbons (Fsp3) is 1.00. The van der Waals surface area contributed by atoms with Crippen LogP contribution in [0.5, 0.6) is 0 Å². The van der Waals surface area contributed by atoms with Crippen LogP contribution in [0.1, 0.15) is 45.4 Å². The van der Waals surface area contributed by atoms with Gasteiger partial charge in [0.05, 0.1) is 6.10 Å². The summed E-state index contributed by atoms with van der Waals surface area (Å²) < 4.78 is 0. The van der Waals surface area contributed by atoms with E-state index in [2.05, 4.69) is 12.4 Å². The van der Waals surface area contributed by atoms with E-state index in [1.54, 1.807) is 0 Å². The molecule has 11 heavy (non-hydrogen) atoms. The molecule has 1 saturated carbocycles. The molecule has 0 bridgehead atoms. The molecule has 0 spiro atoms. The van der Waals surface area contributed by atoms with Gasteiger partial charge >= 0.3 is 0 Å². The molecule has 0 amide bonds. The van der Waals surface area contributed by atoms with Crippen LogP contribution in [0.3, 0.4) is 0 Å². The Kier molecular flexibility index (Phi) is 4.55. The smallest absolute Gasteiger partial charge is 0.0790 e. The van der Waals surface area contributed by atoms with E-state index in [9.17, 15) is 0 Å². The highest BCUT2D eigenvalue weighted by atomic mass is 16.7. The third-order valence-corrected chi connectivity index (χ3v) is 2.18. The van der Waals surface area contributed by atoms with Gasteiger partial charge in [-0.3, -0.25) is 4.84 Å². The van der Waals surface area contributed by atoms with Gasteiger partial charge in [-0.2, -0.15) is 0 Å². The van der Waals surface area contributed by atoms with Gasteiger partial charge in [-0.25, -0.2) is 5.48 Å². The summed E-state index contributed by atoms with van der Waals surface area (Å²) in [5.41, 5.74) is 3.03. The highest BCUT2D eigenvalue weighted by Crippen LogP contribution is 2.19. The fourth-order valence-electron chi connectivity index (χ4n) is 1.43. The lowest BCUT2D eigenvalue weighted by Crippen LogP contribution is -2.22. The summed E-state index contributed by atoms with van der Waals surface area (Å²) in [5, 5.41) is 0. The normalized spacial score (nSPS) is 19.4. The molecule has 1 aliphatic rings. The minimum atomic E-state index is 0.506. The van der Waals surface area contributed by atoms with E-state index < -0.39 is 0 Å². The van der Waals surface area contributed by atoms with E-state index >= 15 is 0 Å². The Balaban J connectivity index is 1.86. The first-order valence-electron chi connectivity index (χ1n) is 4.82. The van der Waals surface area contributed by atoms with Crippen molar-refractivity contribution in [2.24, 2.45) is 0 Å². The molecule has 2 nitrogen and oxygen atoms in total. The van der Waals surface area contributed by atoms with E-state index in [1.165, 1.54) is 38.5 Å². The van der Waals surface area contributed by atoms with Crippen molar-refractivity contribution in [3.8, 4) is 0 Å². The molecule has 0 saturated heterocycles. The Hall–Kier alpha value is -0.0800. The summed E-state index contributed by atoms with van der Waals surface area (Å²) in [4.78, 5) is 5.46. The molecule has 1 N–H and O–H groups in total. The summed E-state index contributed by atoms with van der Waals surface area (Å²) >= 11 is 0. The highest BCUT2D eigenvalue weighted by molar-refractivity contribution is 4.65. The largest absolute Gasteiger partial charge is 0.299 e. The Morgan fingerprint density at radius 2 is 2.09 bits per heavy atom. The van der Waals surface area contributed by atoms with Crippen LogP contribution in [0.15, 0.2) is 0 Å². The molecule has 0 aromatic carbocycles. The predicted octanol–water partition coefficient (Wildman–Crippen LogP) is 2.25. The summed E-state index contributed by atoms with van der Waals surface area (Å²) in [6.07, 6.45) is 8.15. The first-order valence-corrected chi connectivity index (χ1v) is 4.82. The maximum Gasteiger partial charge on any atom is 0.0790 e. The van der Waals surface area contributed by atoms with Crippen LogP contribution in [0.4, 0.5) is 0 Å². The second kappa shape index (κ2) is 5.56. The predicted molar refractivity (Wildman–Crippen MR) is 46.3 cm³/mol. The Labute approximate surface area is 69.3 Å². The number of unbranched alkanes of at least 4 members (excludes halogenated alkanes) is 1. The fourth-order valence-corrected chi connectivity index (χ4v) is 1.43. The van der Waals surface area contributed by atoms with E-state index in [0.29, 0.717) is 6.10 Å². The van der Waals surface area contributed by atoms with E-state index in [4.69, 9.17) is 4.84 Å². The van der Waals surface area contributed by atoms with Crippen molar-refractivity contribution < 1.29 is 4.84 Å². The van der Waals surface area contributed by atoms with Crippen molar-refractivity contribution in [2.45, 2.75) is 51.6 Å². The molecule has 1 rings (SSSR count). The Morgan fingerprint density at radius 1 is 1.36 bits per heavy atom. The molecule has 2 heteroatoms. The molecular formula is C9H19NO. The molecule has 0 aromatic heterocycles. The van der Waals surface area contributed by atoms with E-state index in [1.807, 2.05) is 0 Å². The molecular weight excluding hydrogens is 138 g/mol. The van der Waals surface area contributed by atoms with Crippen LogP contribution in [-0.4, -0.2) is 12.6 Å². The van der Waals surface area contributed by atoms with Gasteiger partial charge in [0.25, 0.3) is 0 Å². The van der Waals surface area contributed by atoms with Crippen molar-refractivity contribution >= 4 is 0 Å². The summed E-state index contributed by atoms with van der Waals surface area (Å²) in [7, 11) is 0. The van der Waals surface area contributed by atoms with Crippen molar-refractivity contribution in [2.75, 3.05) is 6.54 Å². The SMILES string of the molecule is CCCCNOC1CCCC1. The topological polar surface area (TPSA) is 21.3 Å². The van der Waals surface area contributed by atoms with Gasteiger partial charge in [0.2, 0.25) is 0 Å². The van der Waals surface area contributed by atoms with Crippen LogP contribution < -0.4 is 5.48 Å². The van der Waals surface area contributed by atoms with Gasteiger partial charge in [0.15, 0.2) is 0 Å². The zero-order chi connectivity index (χ0) is 7.94. The molecule has 1 fully saturated rings. The average Bonchev–Trinajstić information content (AvgIpc) is 2.50. The third-order valence-electron chi connectivity index (χ3n) is 2.18. The standard InChI is InChI=1S/C9H19NO/c1-2-3-8-10-11-9-6-4-5-7-9/h9-10H,2-8H2,1H3. The lowest BCUT2D eigenvalue weighted by molar-refractivity contribution is -0.0208. The van der Waals surface area contributed by atoms with Crippen LogP contribution in [0.2, 0.25) is 0 Å². The molecule has 1 aliphatic carbocycles. The molecule has 0 radical (unpaired) electrons. The summed E-state index contributed by atoms with van der Waals surface area (Å²) in [6, 6.07) is 0. The number of rotatable bonds is 5. The zero-order valence-corrected chi connectivity index (χ0v) is 7.44. The Morgan fingerprint density at radius 3 is 2.73 bits per heavy atom. The molecule has 0 atom stereocenters. The number of hydrogen-bond donors (Lipinski definition) is 1. The second-order valence-corrected chi connectivity index (χ2v) is 3.27. The number of nitrogens with one attached hydrogen (secondary N) is 1. The first-order chi connectivity index (χ1) is 5.43. The second-order valence-electron chi connectivity index (χ2n) is 3.27. The van der Waals surface area contributed by atoms with Gasteiger partial charge in [-0.05, 0) is 19.3 Å². The van der Waals surface area contributed by atoms with Crippen molar-refractivity contribution in [1.82, 2.24) is 5.48 Å². The van der Waals surface area contributed by atoms with Gasteiger partial charge in [0.1, 0.15) is 0 Å². The molecule has 0 aromatic rings. The maximum absolute atomic E-state index is 5.46. The first kappa shape index (κ1) is 9.01. The Bertz CT molecular complexity index is 89.6. The van der Waals surface area contributed by atoms with Crippen molar-refractivity contribution in [1.29, 1.82) is 0 Å². The number of hydroxylamine groups is 1. The third kappa shape index (κ3) is 3.73. The lowest BCUT2D eigenvalue weighted by atomic mass is 10.3. The minimum absolute atomic E-state index is 0.506. The minimum Gasteiger partial charge on any atom is -0.299 e. The van der Waals surface area contributed by atoms with Crippen LogP contribution in [0, 0.1) is 0 Å². The highest BCUT2D eigenvalue weighted by Gasteiger charge is 2.14. The van der Waals surface area contributed by atoms with Gasteiger partial charge < -0.3 is 0 Å². The van der Waals surface area contributed by atoms with Gasteiger partial charge in [-0.15, -0.1) is 0 Å². The van der Waals surface area contributed by atoms with Gasteiger partial charge in [0, 0.05) is 6.54 Å². The van der Waals surface area contributed by atoms with Crippen LogP contribution in [-0.2, 0) is 4.84 Å². The van der Waals surface area contributed by atoms with Gasteiger partial charge in [-0.1, -0.05) is 26.2 Å². The average molecular weight is 157 g/mol. The van der Waals surface area contributed by atoms with E-state index in [-0.39, 0.29) is 0 Å². The quantitative estimate of drug-likeness (QED) is 0.488. The van der Waals surface area contributed by atoms with Crippen molar-refractivity contribution in [3.63, 3.8) is 0 Å². The van der Waals surface area contributed by atoms with Crippen LogP contribution in [0.25, 0.3) is 0 Å². The number of hydrogen-bond acceptors (Lipinski definition) is 2.